The second kappa shape index (κ2) is 8.29. The predicted octanol–water partition coefficient (Wildman–Crippen LogP) is 3.32. The van der Waals surface area contributed by atoms with Crippen LogP contribution in [-0.4, -0.2) is 30.6 Å². The Hall–Kier alpha value is -1.63. The van der Waals surface area contributed by atoms with Crippen molar-refractivity contribution in [2.45, 2.75) is 25.3 Å². The van der Waals surface area contributed by atoms with E-state index in [1.54, 1.807) is 7.11 Å². The summed E-state index contributed by atoms with van der Waals surface area (Å²) in [6.45, 7) is 0.905. The van der Waals surface area contributed by atoms with Crippen molar-refractivity contribution >= 4 is 34.8 Å². The number of nitrogens with zero attached hydrogens (tertiary/aromatic N) is 1. The van der Waals surface area contributed by atoms with Crippen LogP contribution in [0.15, 0.2) is 29.6 Å². The third-order valence-electron chi connectivity index (χ3n) is 3.74. The lowest BCUT2D eigenvalue weighted by Crippen LogP contribution is -2.43. The fraction of sp³-hybridized carbons (Fsp3) is 0.375. The molecule has 1 aliphatic rings. The first-order chi connectivity index (χ1) is 10.8. The summed E-state index contributed by atoms with van der Waals surface area (Å²) in [4.78, 5) is 16.7. The van der Waals surface area contributed by atoms with Crippen LogP contribution >= 0.6 is 23.7 Å². The summed E-state index contributed by atoms with van der Waals surface area (Å²) in [5.74, 6) is 0.778. The van der Waals surface area contributed by atoms with Crippen LogP contribution in [0.3, 0.4) is 0 Å². The second-order valence-electron chi connectivity index (χ2n) is 5.23. The second-order valence-corrected chi connectivity index (χ2v) is 6.09. The van der Waals surface area contributed by atoms with E-state index in [4.69, 9.17) is 4.74 Å². The molecule has 0 radical (unpaired) electrons. The zero-order valence-electron chi connectivity index (χ0n) is 12.9. The summed E-state index contributed by atoms with van der Waals surface area (Å²) < 4.78 is 5.35. The van der Waals surface area contributed by atoms with Gasteiger partial charge in [-0.15, -0.1) is 23.7 Å². The van der Waals surface area contributed by atoms with Gasteiger partial charge in [-0.25, -0.2) is 4.98 Å². The Morgan fingerprint density at radius 3 is 2.96 bits per heavy atom. The van der Waals surface area contributed by atoms with Gasteiger partial charge in [0.2, 0.25) is 5.91 Å². The Balaban J connectivity index is 0.00000192. The fourth-order valence-electron chi connectivity index (χ4n) is 2.58. The zero-order valence-corrected chi connectivity index (χ0v) is 14.5. The smallest absolute Gasteiger partial charge is 0.243 e. The summed E-state index contributed by atoms with van der Waals surface area (Å²) in [5.41, 5.74) is 1.74. The van der Waals surface area contributed by atoms with E-state index in [2.05, 4.69) is 15.6 Å². The maximum atomic E-state index is 12.2. The number of nitrogens with one attached hydrogen (secondary N) is 2. The highest BCUT2D eigenvalue weighted by molar-refractivity contribution is 7.14. The highest BCUT2D eigenvalue weighted by Crippen LogP contribution is 2.31. The molecule has 0 aliphatic carbocycles. The SMILES string of the molecule is COc1ccccc1-c1csc(NC(=O)C2CCCCN2)n1.Cl. The van der Waals surface area contributed by atoms with Crippen molar-refractivity contribution in [1.82, 2.24) is 10.3 Å². The minimum Gasteiger partial charge on any atom is -0.496 e. The summed E-state index contributed by atoms with van der Waals surface area (Å²) in [5, 5.41) is 8.70. The number of para-hydroxylation sites is 1. The lowest BCUT2D eigenvalue weighted by atomic mass is 10.0. The molecule has 0 bridgehead atoms. The molecule has 1 atom stereocenters. The number of piperidine rings is 1. The maximum Gasteiger partial charge on any atom is 0.243 e. The van der Waals surface area contributed by atoms with Gasteiger partial charge >= 0.3 is 0 Å². The van der Waals surface area contributed by atoms with Crippen molar-refractivity contribution in [2.24, 2.45) is 0 Å². The third kappa shape index (κ3) is 4.22. The molecule has 2 N–H and O–H groups in total. The average molecular weight is 354 g/mol. The minimum absolute atomic E-state index is 0. The van der Waals surface area contributed by atoms with Gasteiger partial charge in [-0.2, -0.15) is 0 Å². The molecule has 2 aromatic rings. The molecule has 2 heterocycles. The molecule has 23 heavy (non-hydrogen) atoms. The van der Waals surface area contributed by atoms with Crippen molar-refractivity contribution in [3.8, 4) is 17.0 Å². The van der Waals surface area contributed by atoms with Gasteiger partial charge in [0.25, 0.3) is 0 Å². The number of methoxy groups -OCH3 is 1. The predicted molar refractivity (Wildman–Crippen MR) is 95.6 cm³/mol. The monoisotopic (exact) mass is 353 g/mol. The van der Waals surface area contributed by atoms with Gasteiger partial charge in [0.1, 0.15) is 5.75 Å². The molecule has 5 nitrogen and oxygen atoms in total. The summed E-state index contributed by atoms with van der Waals surface area (Å²) >= 11 is 1.43. The van der Waals surface area contributed by atoms with Gasteiger partial charge in [-0.3, -0.25) is 4.79 Å². The molecule has 1 aliphatic heterocycles. The zero-order chi connectivity index (χ0) is 15.4. The molecule has 1 fully saturated rings. The van der Waals surface area contributed by atoms with Crippen LogP contribution in [0.1, 0.15) is 19.3 Å². The largest absolute Gasteiger partial charge is 0.496 e. The fourth-order valence-corrected chi connectivity index (χ4v) is 3.29. The van der Waals surface area contributed by atoms with E-state index >= 15 is 0 Å². The van der Waals surface area contributed by atoms with E-state index in [1.807, 2.05) is 29.6 Å². The highest BCUT2D eigenvalue weighted by Gasteiger charge is 2.21. The number of carbonyl (C=O) groups excluding carboxylic acids is 1. The van der Waals surface area contributed by atoms with Gasteiger partial charge < -0.3 is 15.4 Å². The number of anilines is 1. The minimum atomic E-state index is -0.104. The quantitative estimate of drug-likeness (QED) is 0.885. The highest BCUT2D eigenvalue weighted by atomic mass is 35.5. The van der Waals surface area contributed by atoms with Crippen molar-refractivity contribution in [3.63, 3.8) is 0 Å². The number of hydrogen-bond acceptors (Lipinski definition) is 5. The number of benzene rings is 1. The van der Waals surface area contributed by atoms with Crippen LogP contribution in [0.4, 0.5) is 5.13 Å². The maximum absolute atomic E-state index is 12.2. The van der Waals surface area contributed by atoms with Gasteiger partial charge in [0.15, 0.2) is 5.13 Å². The molecule has 1 unspecified atom stereocenters. The molecule has 1 saturated heterocycles. The number of carbonyl (C=O) groups is 1. The molecule has 1 aromatic carbocycles. The van der Waals surface area contributed by atoms with Crippen molar-refractivity contribution in [2.75, 3.05) is 19.0 Å². The van der Waals surface area contributed by atoms with Crippen LogP contribution in [-0.2, 0) is 4.79 Å². The van der Waals surface area contributed by atoms with E-state index in [0.29, 0.717) is 5.13 Å². The number of ether oxygens (including phenoxy) is 1. The summed E-state index contributed by atoms with van der Waals surface area (Å²) in [6, 6.07) is 7.63. The van der Waals surface area contributed by atoms with Gasteiger partial charge in [0, 0.05) is 10.9 Å². The van der Waals surface area contributed by atoms with Crippen molar-refractivity contribution in [1.29, 1.82) is 0 Å². The van der Waals surface area contributed by atoms with Gasteiger partial charge in [-0.1, -0.05) is 18.6 Å². The average Bonchev–Trinajstić information content (AvgIpc) is 3.04. The first-order valence-electron chi connectivity index (χ1n) is 7.41. The van der Waals surface area contributed by atoms with Gasteiger partial charge in [0.05, 0.1) is 18.8 Å². The number of thiazole rings is 1. The van der Waals surface area contributed by atoms with Crippen LogP contribution in [0, 0.1) is 0 Å². The summed E-state index contributed by atoms with van der Waals surface area (Å²) in [6.07, 6.45) is 3.12. The van der Waals surface area contributed by atoms with E-state index in [1.165, 1.54) is 11.3 Å². The first kappa shape index (κ1) is 17.7. The van der Waals surface area contributed by atoms with Gasteiger partial charge in [-0.05, 0) is 31.5 Å². The number of aromatic nitrogens is 1. The van der Waals surface area contributed by atoms with Crippen LogP contribution in [0.2, 0.25) is 0 Å². The third-order valence-corrected chi connectivity index (χ3v) is 4.50. The molecule has 0 saturated carbocycles. The molecular weight excluding hydrogens is 334 g/mol. The van der Waals surface area contributed by atoms with Crippen LogP contribution < -0.4 is 15.4 Å². The number of amides is 1. The Morgan fingerprint density at radius 2 is 2.22 bits per heavy atom. The Bertz CT molecular complexity index is 656. The van der Waals surface area contributed by atoms with Crippen molar-refractivity contribution in [3.05, 3.63) is 29.6 Å². The molecule has 1 aromatic heterocycles. The topological polar surface area (TPSA) is 63.2 Å². The van der Waals surface area contributed by atoms with E-state index in [-0.39, 0.29) is 24.4 Å². The number of halogens is 1. The van der Waals surface area contributed by atoms with E-state index < -0.39 is 0 Å². The molecular formula is C16H20ClN3O2S. The van der Waals surface area contributed by atoms with Crippen LogP contribution in [0.25, 0.3) is 11.3 Å². The Morgan fingerprint density at radius 1 is 1.39 bits per heavy atom. The normalized spacial score (nSPS) is 17.2. The number of hydrogen-bond donors (Lipinski definition) is 2. The van der Waals surface area contributed by atoms with Crippen LogP contribution in [0.5, 0.6) is 5.75 Å². The van der Waals surface area contributed by atoms with E-state index in [9.17, 15) is 4.79 Å². The Kier molecular flexibility index (Phi) is 6.38. The van der Waals surface area contributed by atoms with Crippen molar-refractivity contribution < 1.29 is 9.53 Å². The first-order valence-corrected chi connectivity index (χ1v) is 8.29. The summed E-state index contributed by atoms with van der Waals surface area (Å²) in [7, 11) is 1.64. The molecule has 0 spiro atoms. The lowest BCUT2D eigenvalue weighted by Gasteiger charge is -2.21. The molecule has 124 valence electrons. The molecule has 3 rings (SSSR count). The molecule has 1 amide bonds. The number of rotatable bonds is 4. The van der Waals surface area contributed by atoms with E-state index in [0.717, 1.165) is 42.8 Å². The lowest BCUT2D eigenvalue weighted by molar-refractivity contribution is -0.118. The Labute approximate surface area is 145 Å². The standard InChI is InChI=1S/C16H19N3O2S.ClH/c1-21-14-8-3-2-6-11(14)13-10-22-16(18-13)19-15(20)12-7-4-5-9-17-12;/h2-3,6,8,10,12,17H,4-5,7,9H2,1H3,(H,18,19,20);1H. The molecule has 7 heteroatoms.